The minimum Gasteiger partial charge on any atom is -0.457 e. The Labute approximate surface area is 117 Å². The third kappa shape index (κ3) is 1.85. The van der Waals surface area contributed by atoms with Gasteiger partial charge >= 0.3 is 0 Å². The quantitative estimate of drug-likeness (QED) is 0.752. The Balaban J connectivity index is 1.84. The lowest BCUT2D eigenvalue weighted by molar-refractivity contribution is 0.463. The molecule has 2 N–H and O–H groups in total. The lowest BCUT2D eigenvalue weighted by Gasteiger charge is -2.04. The van der Waals surface area contributed by atoms with Gasteiger partial charge in [0, 0.05) is 17.2 Å². The van der Waals surface area contributed by atoms with Gasteiger partial charge in [-0.1, -0.05) is 43.9 Å². The average Bonchev–Trinajstić information content (AvgIpc) is 3.09. The summed E-state index contributed by atoms with van der Waals surface area (Å²) in [7, 11) is 0. The van der Waals surface area contributed by atoms with Crippen LogP contribution in [0.5, 0.6) is 0 Å². The first kappa shape index (κ1) is 11.8. The first-order valence-electron chi connectivity index (χ1n) is 7.38. The number of benzene rings is 1. The van der Waals surface area contributed by atoms with Crippen LogP contribution in [0.2, 0.25) is 0 Å². The zero-order chi connectivity index (χ0) is 13.5. The highest BCUT2D eigenvalue weighted by Gasteiger charge is 2.19. The monoisotopic (exact) mass is 266 g/mol. The Morgan fingerprint density at radius 2 is 1.95 bits per heavy atom. The van der Waals surface area contributed by atoms with Crippen molar-refractivity contribution in [2.45, 2.75) is 32.1 Å². The molecular weight excluding hydrogens is 248 g/mol. The first-order chi connectivity index (χ1) is 9.81. The lowest BCUT2D eigenvalue weighted by Crippen LogP contribution is -1.96. The summed E-state index contributed by atoms with van der Waals surface area (Å²) < 4.78 is 5.98. The van der Waals surface area contributed by atoms with E-state index in [1.165, 1.54) is 25.7 Å². The highest BCUT2D eigenvalue weighted by Crippen LogP contribution is 2.34. The number of para-hydroxylation sites is 1. The third-order valence-corrected chi connectivity index (χ3v) is 4.42. The maximum atomic E-state index is 6.04. The van der Waals surface area contributed by atoms with Crippen molar-refractivity contribution in [3.05, 3.63) is 36.1 Å². The Hall–Kier alpha value is -2.03. The first-order valence-corrected chi connectivity index (χ1v) is 7.38. The molecule has 0 atom stereocenters. The van der Waals surface area contributed by atoms with E-state index in [0.717, 1.165) is 40.0 Å². The summed E-state index contributed by atoms with van der Waals surface area (Å²) in [6.45, 7) is 0. The maximum Gasteiger partial charge on any atom is 0.176 e. The number of pyridine rings is 1. The van der Waals surface area contributed by atoms with Crippen LogP contribution in [0.15, 0.2) is 34.7 Å². The zero-order valence-corrected chi connectivity index (χ0v) is 11.4. The molecule has 0 amide bonds. The number of nitrogens with zero attached hydrogens (tertiary/aromatic N) is 1. The minimum atomic E-state index is 0.497. The molecular formula is C17H18N2O. The minimum absolute atomic E-state index is 0.497. The molecule has 0 aliphatic heterocycles. The van der Waals surface area contributed by atoms with E-state index < -0.39 is 0 Å². The molecule has 0 spiro atoms. The van der Waals surface area contributed by atoms with Gasteiger partial charge in [0.2, 0.25) is 0 Å². The van der Waals surface area contributed by atoms with E-state index in [1.807, 2.05) is 18.2 Å². The van der Waals surface area contributed by atoms with Gasteiger partial charge in [0.05, 0.1) is 5.52 Å². The maximum absolute atomic E-state index is 6.04. The molecule has 1 saturated carbocycles. The van der Waals surface area contributed by atoms with Crippen LogP contribution in [0.1, 0.15) is 31.4 Å². The number of fused-ring (bicyclic) bond motifs is 3. The molecule has 1 aliphatic carbocycles. The van der Waals surface area contributed by atoms with Gasteiger partial charge in [-0.15, -0.1) is 0 Å². The molecule has 20 heavy (non-hydrogen) atoms. The van der Waals surface area contributed by atoms with Gasteiger partial charge in [-0.25, -0.2) is 4.98 Å². The molecule has 0 bridgehead atoms. The van der Waals surface area contributed by atoms with Gasteiger partial charge < -0.3 is 10.2 Å². The fourth-order valence-corrected chi connectivity index (χ4v) is 3.41. The summed E-state index contributed by atoms with van der Waals surface area (Å²) in [5.41, 5.74) is 7.72. The van der Waals surface area contributed by atoms with Gasteiger partial charge in [0.15, 0.2) is 11.4 Å². The number of nitrogen functional groups attached to an aromatic ring is 1. The summed E-state index contributed by atoms with van der Waals surface area (Å²) in [5, 5.41) is 2.22. The van der Waals surface area contributed by atoms with Crippen molar-refractivity contribution in [1.29, 1.82) is 0 Å². The van der Waals surface area contributed by atoms with E-state index in [0.29, 0.717) is 5.82 Å². The number of nitrogens with two attached hydrogens (primary N) is 1. The number of furan rings is 1. The standard InChI is InChI=1S/C17H18N2O/c18-17-16-14(13-7-3-4-8-15(13)19-17)10-12(20-16)9-11-5-1-2-6-11/h3-4,7-8,10-11H,1-2,5-6,9H2,(H2,18,19). The van der Waals surface area contributed by atoms with E-state index in [4.69, 9.17) is 10.2 Å². The number of hydrogen-bond donors (Lipinski definition) is 1. The second-order valence-electron chi connectivity index (χ2n) is 5.82. The number of rotatable bonds is 2. The second kappa shape index (κ2) is 4.51. The van der Waals surface area contributed by atoms with Crippen molar-refractivity contribution in [2.24, 2.45) is 5.92 Å². The summed E-state index contributed by atoms with van der Waals surface area (Å²) in [5.74, 6) is 2.32. The van der Waals surface area contributed by atoms with Crippen molar-refractivity contribution < 1.29 is 4.42 Å². The van der Waals surface area contributed by atoms with Crippen LogP contribution < -0.4 is 5.73 Å². The Kier molecular flexibility index (Phi) is 2.66. The highest BCUT2D eigenvalue weighted by atomic mass is 16.3. The summed E-state index contributed by atoms with van der Waals surface area (Å²) in [4.78, 5) is 4.43. The molecule has 0 saturated heterocycles. The SMILES string of the molecule is Nc1nc2ccccc2c2cc(CC3CCCC3)oc12. The predicted octanol–water partition coefficient (Wildman–Crippen LogP) is 4.30. The molecule has 3 aromatic rings. The Bertz CT molecular complexity index is 769. The number of aromatic nitrogens is 1. The number of anilines is 1. The lowest BCUT2D eigenvalue weighted by atomic mass is 10.0. The van der Waals surface area contributed by atoms with Crippen LogP contribution in [0.4, 0.5) is 5.82 Å². The molecule has 3 heteroatoms. The van der Waals surface area contributed by atoms with E-state index in [2.05, 4.69) is 17.1 Å². The van der Waals surface area contributed by atoms with Crippen molar-refractivity contribution >= 4 is 27.7 Å². The topological polar surface area (TPSA) is 52.0 Å². The van der Waals surface area contributed by atoms with Crippen molar-refractivity contribution in [1.82, 2.24) is 4.98 Å². The van der Waals surface area contributed by atoms with E-state index in [9.17, 15) is 0 Å². The van der Waals surface area contributed by atoms with Crippen LogP contribution in [0.3, 0.4) is 0 Å². The smallest absolute Gasteiger partial charge is 0.176 e. The predicted molar refractivity (Wildman–Crippen MR) is 81.6 cm³/mol. The van der Waals surface area contributed by atoms with Crippen LogP contribution in [-0.2, 0) is 6.42 Å². The van der Waals surface area contributed by atoms with Gasteiger partial charge in [0.1, 0.15) is 5.76 Å². The summed E-state index contributed by atoms with van der Waals surface area (Å²) in [6.07, 6.45) is 6.40. The Morgan fingerprint density at radius 3 is 2.80 bits per heavy atom. The number of hydrogen-bond acceptors (Lipinski definition) is 3. The van der Waals surface area contributed by atoms with Crippen LogP contribution >= 0.6 is 0 Å². The second-order valence-corrected chi connectivity index (χ2v) is 5.82. The fourth-order valence-electron chi connectivity index (χ4n) is 3.41. The van der Waals surface area contributed by atoms with Gasteiger partial charge in [-0.2, -0.15) is 0 Å². The Morgan fingerprint density at radius 1 is 1.15 bits per heavy atom. The van der Waals surface area contributed by atoms with Crippen LogP contribution in [0, 0.1) is 5.92 Å². The van der Waals surface area contributed by atoms with Gasteiger partial charge in [0.25, 0.3) is 0 Å². The molecule has 0 unspecified atom stereocenters. The molecule has 4 rings (SSSR count). The summed E-state index contributed by atoms with van der Waals surface area (Å²) >= 11 is 0. The molecule has 0 radical (unpaired) electrons. The molecule has 3 nitrogen and oxygen atoms in total. The highest BCUT2D eigenvalue weighted by molar-refractivity contribution is 6.07. The molecule has 1 fully saturated rings. The molecule has 2 heterocycles. The molecule has 102 valence electrons. The third-order valence-electron chi connectivity index (χ3n) is 4.42. The fraction of sp³-hybridized carbons (Fsp3) is 0.353. The van der Waals surface area contributed by atoms with Crippen LogP contribution in [-0.4, -0.2) is 4.98 Å². The van der Waals surface area contributed by atoms with Crippen molar-refractivity contribution in [3.63, 3.8) is 0 Å². The molecule has 1 aromatic carbocycles. The molecule has 1 aliphatic rings. The summed E-state index contributed by atoms with van der Waals surface area (Å²) in [6, 6.07) is 10.3. The average molecular weight is 266 g/mol. The molecule has 2 aromatic heterocycles. The van der Waals surface area contributed by atoms with Crippen molar-refractivity contribution in [2.75, 3.05) is 5.73 Å². The van der Waals surface area contributed by atoms with E-state index >= 15 is 0 Å². The van der Waals surface area contributed by atoms with Crippen LogP contribution in [0.25, 0.3) is 21.9 Å². The largest absolute Gasteiger partial charge is 0.457 e. The van der Waals surface area contributed by atoms with Gasteiger partial charge in [-0.05, 0) is 18.1 Å². The van der Waals surface area contributed by atoms with Crippen molar-refractivity contribution in [3.8, 4) is 0 Å². The van der Waals surface area contributed by atoms with Gasteiger partial charge in [-0.3, -0.25) is 0 Å². The normalized spacial score (nSPS) is 16.4. The van der Waals surface area contributed by atoms with E-state index in [1.54, 1.807) is 0 Å². The van der Waals surface area contributed by atoms with E-state index in [-0.39, 0.29) is 0 Å². The zero-order valence-electron chi connectivity index (χ0n) is 11.4.